The summed E-state index contributed by atoms with van der Waals surface area (Å²) >= 11 is 0. The molecule has 92 valence electrons. The number of nitrogens with zero attached hydrogens (tertiary/aromatic N) is 1. The monoisotopic (exact) mass is 232 g/mol. The SMILES string of the molecule is CCC1CC(N)CN(C(=O)c2ccccc2)C1. The van der Waals surface area contributed by atoms with Crippen LogP contribution in [0, 0.1) is 5.92 Å². The Morgan fingerprint density at radius 1 is 1.35 bits per heavy atom. The second kappa shape index (κ2) is 5.32. The molecule has 0 spiro atoms. The number of benzene rings is 1. The first kappa shape index (κ1) is 12.1. The number of piperidine rings is 1. The summed E-state index contributed by atoms with van der Waals surface area (Å²) in [6.45, 7) is 3.69. The summed E-state index contributed by atoms with van der Waals surface area (Å²) in [5.74, 6) is 0.658. The molecular weight excluding hydrogens is 212 g/mol. The number of likely N-dealkylation sites (tertiary alicyclic amines) is 1. The van der Waals surface area contributed by atoms with Gasteiger partial charge in [-0.05, 0) is 24.5 Å². The van der Waals surface area contributed by atoms with Gasteiger partial charge in [-0.2, -0.15) is 0 Å². The van der Waals surface area contributed by atoms with Gasteiger partial charge in [0.25, 0.3) is 5.91 Å². The van der Waals surface area contributed by atoms with E-state index in [0.29, 0.717) is 12.5 Å². The Kier molecular flexibility index (Phi) is 3.79. The largest absolute Gasteiger partial charge is 0.337 e. The van der Waals surface area contributed by atoms with Crippen molar-refractivity contribution < 1.29 is 4.79 Å². The fraction of sp³-hybridized carbons (Fsp3) is 0.500. The van der Waals surface area contributed by atoms with E-state index in [1.165, 1.54) is 0 Å². The molecule has 1 amide bonds. The first-order valence-electron chi connectivity index (χ1n) is 6.30. The van der Waals surface area contributed by atoms with Crippen LogP contribution in [0.15, 0.2) is 30.3 Å². The summed E-state index contributed by atoms with van der Waals surface area (Å²) in [5, 5.41) is 0. The predicted molar refractivity (Wildman–Crippen MR) is 68.7 cm³/mol. The zero-order chi connectivity index (χ0) is 12.3. The molecule has 1 fully saturated rings. The Balaban J connectivity index is 2.09. The summed E-state index contributed by atoms with van der Waals surface area (Å²) in [6, 6.07) is 9.57. The molecule has 0 aliphatic carbocycles. The second-order valence-electron chi connectivity index (χ2n) is 4.85. The Bertz CT molecular complexity index is 377. The van der Waals surface area contributed by atoms with Gasteiger partial charge in [-0.3, -0.25) is 4.79 Å². The highest BCUT2D eigenvalue weighted by Gasteiger charge is 2.27. The molecule has 2 N–H and O–H groups in total. The first-order valence-corrected chi connectivity index (χ1v) is 6.30. The molecule has 3 heteroatoms. The van der Waals surface area contributed by atoms with Crippen molar-refractivity contribution in [2.24, 2.45) is 11.7 Å². The van der Waals surface area contributed by atoms with Crippen molar-refractivity contribution in [1.82, 2.24) is 4.90 Å². The lowest BCUT2D eigenvalue weighted by Crippen LogP contribution is -2.49. The molecule has 17 heavy (non-hydrogen) atoms. The summed E-state index contributed by atoms with van der Waals surface area (Å²) in [6.07, 6.45) is 2.13. The van der Waals surface area contributed by atoms with Crippen molar-refractivity contribution in [3.63, 3.8) is 0 Å². The first-order chi connectivity index (χ1) is 8.20. The van der Waals surface area contributed by atoms with E-state index in [-0.39, 0.29) is 11.9 Å². The lowest BCUT2D eigenvalue weighted by atomic mass is 9.92. The number of nitrogens with two attached hydrogens (primary N) is 1. The molecule has 1 aromatic carbocycles. The highest BCUT2D eigenvalue weighted by atomic mass is 16.2. The molecule has 0 saturated carbocycles. The average Bonchev–Trinajstić information content (AvgIpc) is 2.38. The number of hydrogen-bond donors (Lipinski definition) is 1. The van der Waals surface area contributed by atoms with E-state index in [1.54, 1.807) is 0 Å². The van der Waals surface area contributed by atoms with E-state index >= 15 is 0 Å². The maximum atomic E-state index is 12.3. The van der Waals surface area contributed by atoms with Gasteiger partial charge in [0.05, 0.1) is 0 Å². The standard InChI is InChI=1S/C14H20N2O/c1-2-11-8-13(15)10-16(9-11)14(17)12-6-4-3-5-7-12/h3-7,11,13H,2,8-10,15H2,1H3. The van der Waals surface area contributed by atoms with Crippen molar-refractivity contribution in [2.45, 2.75) is 25.8 Å². The molecule has 2 unspecified atom stereocenters. The zero-order valence-corrected chi connectivity index (χ0v) is 10.3. The molecule has 0 bridgehead atoms. The minimum Gasteiger partial charge on any atom is -0.337 e. The molecule has 2 rings (SSSR count). The number of carbonyl (C=O) groups is 1. The Hall–Kier alpha value is -1.35. The fourth-order valence-electron chi connectivity index (χ4n) is 2.47. The van der Waals surface area contributed by atoms with E-state index in [1.807, 2.05) is 35.2 Å². The molecule has 0 radical (unpaired) electrons. The van der Waals surface area contributed by atoms with E-state index in [4.69, 9.17) is 5.73 Å². The molecule has 1 aliphatic rings. The fourth-order valence-corrected chi connectivity index (χ4v) is 2.47. The molecule has 3 nitrogen and oxygen atoms in total. The van der Waals surface area contributed by atoms with Crippen molar-refractivity contribution in [2.75, 3.05) is 13.1 Å². The minimum atomic E-state index is 0.110. The van der Waals surface area contributed by atoms with Crippen LogP contribution in [0.25, 0.3) is 0 Å². The molecule has 1 aliphatic heterocycles. The third-order valence-corrected chi connectivity index (χ3v) is 3.45. The average molecular weight is 232 g/mol. The van der Waals surface area contributed by atoms with Crippen LogP contribution in [0.2, 0.25) is 0 Å². The van der Waals surface area contributed by atoms with Crippen LogP contribution in [0.4, 0.5) is 0 Å². The van der Waals surface area contributed by atoms with Crippen molar-refractivity contribution >= 4 is 5.91 Å². The molecule has 1 saturated heterocycles. The quantitative estimate of drug-likeness (QED) is 0.846. The Morgan fingerprint density at radius 3 is 2.71 bits per heavy atom. The lowest BCUT2D eigenvalue weighted by molar-refractivity contribution is 0.0647. The molecule has 0 aromatic heterocycles. The van der Waals surface area contributed by atoms with Gasteiger partial charge in [-0.15, -0.1) is 0 Å². The molecule has 1 heterocycles. The van der Waals surface area contributed by atoms with Gasteiger partial charge >= 0.3 is 0 Å². The maximum Gasteiger partial charge on any atom is 0.253 e. The van der Waals surface area contributed by atoms with Crippen LogP contribution < -0.4 is 5.73 Å². The Morgan fingerprint density at radius 2 is 2.06 bits per heavy atom. The Labute approximate surface area is 103 Å². The van der Waals surface area contributed by atoms with Gasteiger partial charge < -0.3 is 10.6 Å². The van der Waals surface area contributed by atoms with E-state index < -0.39 is 0 Å². The third-order valence-electron chi connectivity index (χ3n) is 3.45. The van der Waals surface area contributed by atoms with E-state index in [0.717, 1.165) is 24.9 Å². The number of hydrogen-bond acceptors (Lipinski definition) is 2. The van der Waals surface area contributed by atoms with Gasteiger partial charge in [-0.1, -0.05) is 31.5 Å². The minimum absolute atomic E-state index is 0.110. The van der Waals surface area contributed by atoms with Crippen LogP contribution in [0.3, 0.4) is 0 Å². The lowest BCUT2D eigenvalue weighted by Gasteiger charge is -2.36. The summed E-state index contributed by atoms with van der Waals surface area (Å²) in [5.41, 5.74) is 6.77. The molecule has 2 atom stereocenters. The zero-order valence-electron chi connectivity index (χ0n) is 10.3. The van der Waals surface area contributed by atoms with Crippen LogP contribution in [-0.2, 0) is 0 Å². The summed E-state index contributed by atoms with van der Waals surface area (Å²) < 4.78 is 0. The van der Waals surface area contributed by atoms with Gasteiger partial charge in [-0.25, -0.2) is 0 Å². The van der Waals surface area contributed by atoms with Crippen LogP contribution in [-0.4, -0.2) is 29.9 Å². The van der Waals surface area contributed by atoms with Crippen LogP contribution in [0.1, 0.15) is 30.1 Å². The second-order valence-corrected chi connectivity index (χ2v) is 4.85. The van der Waals surface area contributed by atoms with E-state index in [9.17, 15) is 4.79 Å². The van der Waals surface area contributed by atoms with Gasteiger partial charge in [0.15, 0.2) is 0 Å². The van der Waals surface area contributed by atoms with Gasteiger partial charge in [0, 0.05) is 24.7 Å². The van der Waals surface area contributed by atoms with Crippen molar-refractivity contribution in [3.8, 4) is 0 Å². The topological polar surface area (TPSA) is 46.3 Å². The van der Waals surface area contributed by atoms with Crippen molar-refractivity contribution in [1.29, 1.82) is 0 Å². The van der Waals surface area contributed by atoms with Gasteiger partial charge in [0.2, 0.25) is 0 Å². The summed E-state index contributed by atoms with van der Waals surface area (Å²) in [4.78, 5) is 14.2. The predicted octanol–water partition coefficient (Wildman–Crippen LogP) is 1.89. The van der Waals surface area contributed by atoms with Crippen LogP contribution >= 0.6 is 0 Å². The smallest absolute Gasteiger partial charge is 0.253 e. The third kappa shape index (κ3) is 2.86. The normalized spacial score (nSPS) is 24.7. The summed E-state index contributed by atoms with van der Waals surface area (Å²) in [7, 11) is 0. The van der Waals surface area contributed by atoms with Crippen molar-refractivity contribution in [3.05, 3.63) is 35.9 Å². The highest BCUT2D eigenvalue weighted by Crippen LogP contribution is 2.20. The van der Waals surface area contributed by atoms with E-state index in [2.05, 4.69) is 6.92 Å². The number of amides is 1. The molecule has 1 aromatic rings. The number of carbonyl (C=O) groups excluding carboxylic acids is 1. The number of rotatable bonds is 2. The van der Waals surface area contributed by atoms with Gasteiger partial charge in [0.1, 0.15) is 0 Å². The van der Waals surface area contributed by atoms with Crippen LogP contribution in [0.5, 0.6) is 0 Å². The highest BCUT2D eigenvalue weighted by molar-refractivity contribution is 5.94. The molecular formula is C14H20N2O. The maximum absolute atomic E-state index is 12.3.